The van der Waals surface area contributed by atoms with Crippen molar-refractivity contribution in [3.8, 4) is 22.8 Å². The van der Waals surface area contributed by atoms with Gasteiger partial charge < -0.3 is 13.9 Å². The molecular weight excluding hydrogens is 314 g/mol. The number of rotatable bonds is 6. The highest BCUT2D eigenvalue weighted by Gasteiger charge is 2.26. The summed E-state index contributed by atoms with van der Waals surface area (Å²) in [6, 6.07) is 8.65. The molecule has 2 aromatic rings. The number of nitrogens with zero attached hydrogens (tertiary/aromatic N) is 1. The number of furan rings is 1. The second-order valence-corrected chi connectivity index (χ2v) is 5.11. The third-order valence-corrected chi connectivity index (χ3v) is 3.57. The Morgan fingerprint density at radius 2 is 1.96 bits per heavy atom. The molecule has 0 bridgehead atoms. The van der Waals surface area contributed by atoms with Gasteiger partial charge in [0, 0.05) is 5.56 Å². The molecule has 0 unspecified atom stereocenters. The number of imide groups is 1. The van der Waals surface area contributed by atoms with Crippen LogP contribution in [-0.4, -0.2) is 37.7 Å². The van der Waals surface area contributed by atoms with Crippen LogP contribution in [0.5, 0.6) is 11.5 Å². The number of hydrazine groups is 1. The smallest absolute Gasteiger partial charge is 0.338 e. The van der Waals surface area contributed by atoms with E-state index in [1.165, 1.54) is 5.01 Å². The number of hydrogen-bond acceptors (Lipinski definition) is 6. The van der Waals surface area contributed by atoms with Crippen LogP contribution in [0.15, 0.2) is 34.7 Å². The lowest BCUT2D eigenvalue weighted by molar-refractivity contribution is -0.118. The number of methoxy groups -OCH3 is 2. The first-order chi connectivity index (χ1) is 11.6. The lowest BCUT2D eigenvalue weighted by Crippen LogP contribution is -2.39. The Kier molecular flexibility index (Phi) is 4.39. The third-order valence-electron chi connectivity index (χ3n) is 3.57. The van der Waals surface area contributed by atoms with Crippen molar-refractivity contribution < 1.29 is 23.5 Å². The molecule has 2 heterocycles. The highest BCUT2D eigenvalue weighted by Crippen LogP contribution is 2.32. The molecule has 1 fully saturated rings. The third kappa shape index (κ3) is 3.18. The molecule has 2 N–H and O–H groups in total. The molecule has 8 heteroatoms. The molecule has 24 heavy (non-hydrogen) atoms. The molecule has 126 valence electrons. The summed E-state index contributed by atoms with van der Waals surface area (Å²) in [7, 11) is 3.15. The van der Waals surface area contributed by atoms with Gasteiger partial charge in [-0.3, -0.25) is 10.1 Å². The van der Waals surface area contributed by atoms with Gasteiger partial charge >= 0.3 is 6.03 Å². The largest absolute Gasteiger partial charge is 0.493 e. The molecular formula is C16H17N3O5. The predicted octanol–water partition coefficient (Wildman–Crippen LogP) is 1.52. The molecule has 1 aromatic carbocycles. The van der Waals surface area contributed by atoms with Crippen molar-refractivity contribution >= 4 is 11.9 Å². The highest BCUT2D eigenvalue weighted by atomic mass is 16.5. The minimum Gasteiger partial charge on any atom is -0.493 e. The number of hydrogen-bond donors (Lipinski definition) is 2. The van der Waals surface area contributed by atoms with Crippen LogP contribution in [0.2, 0.25) is 0 Å². The number of ether oxygens (including phenoxy) is 2. The van der Waals surface area contributed by atoms with E-state index in [2.05, 4.69) is 10.7 Å². The van der Waals surface area contributed by atoms with Gasteiger partial charge in [-0.05, 0) is 30.3 Å². The maximum atomic E-state index is 11.4. The summed E-state index contributed by atoms with van der Waals surface area (Å²) in [5.41, 5.74) is 3.69. The molecule has 0 saturated carbocycles. The first-order valence-corrected chi connectivity index (χ1v) is 7.26. The average molecular weight is 331 g/mol. The molecule has 0 aliphatic carbocycles. The minimum absolute atomic E-state index is 0.0118. The topological polar surface area (TPSA) is 93.0 Å². The fourth-order valence-corrected chi connectivity index (χ4v) is 2.36. The fourth-order valence-electron chi connectivity index (χ4n) is 2.36. The van der Waals surface area contributed by atoms with E-state index in [4.69, 9.17) is 13.9 Å². The molecule has 0 atom stereocenters. The van der Waals surface area contributed by atoms with E-state index in [1.54, 1.807) is 26.4 Å². The van der Waals surface area contributed by atoms with Gasteiger partial charge in [-0.25, -0.2) is 15.2 Å². The van der Waals surface area contributed by atoms with E-state index in [0.717, 1.165) is 5.56 Å². The Balaban J connectivity index is 1.69. The van der Waals surface area contributed by atoms with Gasteiger partial charge in [-0.1, -0.05) is 0 Å². The first-order valence-electron chi connectivity index (χ1n) is 7.26. The van der Waals surface area contributed by atoms with Crippen LogP contribution in [-0.2, 0) is 11.3 Å². The summed E-state index contributed by atoms with van der Waals surface area (Å²) in [6.45, 7) is 0.274. The van der Waals surface area contributed by atoms with Crippen LogP contribution in [0.1, 0.15) is 5.76 Å². The fraction of sp³-hybridized carbons (Fsp3) is 0.250. The quantitative estimate of drug-likeness (QED) is 0.780. The van der Waals surface area contributed by atoms with E-state index in [-0.39, 0.29) is 19.0 Å². The van der Waals surface area contributed by atoms with Crippen LogP contribution in [0, 0.1) is 0 Å². The van der Waals surface area contributed by atoms with Gasteiger partial charge in [-0.2, -0.15) is 0 Å². The van der Waals surface area contributed by atoms with Crippen LogP contribution >= 0.6 is 0 Å². The Bertz CT molecular complexity index is 771. The molecule has 1 aliphatic heterocycles. The van der Waals surface area contributed by atoms with Crippen LogP contribution in [0.4, 0.5) is 4.79 Å². The average Bonchev–Trinajstić information content (AvgIpc) is 3.18. The second-order valence-electron chi connectivity index (χ2n) is 5.11. The van der Waals surface area contributed by atoms with Gasteiger partial charge in [0.25, 0.3) is 0 Å². The van der Waals surface area contributed by atoms with Crippen molar-refractivity contribution in [1.29, 1.82) is 0 Å². The number of amides is 3. The zero-order valence-corrected chi connectivity index (χ0v) is 13.3. The predicted molar refractivity (Wildman–Crippen MR) is 84.3 cm³/mol. The van der Waals surface area contributed by atoms with E-state index in [0.29, 0.717) is 23.0 Å². The van der Waals surface area contributed by atoms with Gasteiger partial charge in [0.2, 0.25) is 5.91 Å². The Hall–Kier alpha value is -3.00. The first kappa shape index (κ1) is 15.9. The van der Waals surface area contributed by atoms with Gasteiger partial charge in [0.15, 0.2) is 11.5 Å². The number of carbonyl (C=O) groups excluding carboxylic acids is 2. The van der Waals surface area contributed by atoms with Crippen molar-refractivity contribution in [1.82, 2.24) is 15.8 Å². The zero-order chi connectivity index (χ0) is 17.1. The van der Waals surface area contributed by atoms with E-state index in [1.807, 2.05) is 18.2 Å². The maximum absolute atomic E-state index is 11.4. The zero-order valence-electron chi connectivity index (χ0n) is 13.3. The monoisotopic (exact) mass is 331 g/mol. The second kappa shape index (κ2) is 6.63. The summed E-state index contributed by atoms with van der Waals surface area (Å²) in [6.07, 6.45) is 0. The Morgan fingerprint density at radius 1 is 1.17 bits per heavy atom. The van der Waals surface area contributed by atoms with E-state index < -0.39 is 6.03 Å². The molecule has 1 saturated heterocycles. The Morgan fingerprint density at radius 3 is 2.62 bits per heavy atom. The van der Waals surface area contributed by atoms with E-state index in [9.17, 15) is 9.59 Å². The lowest BCUT2D eigenvalue weighted by atomic mass is 10.1. The van der Waals surface area contributed by atoms with Crippen molar-refractivity contribution in [2.24, 2.45) is 0 Å². The molecule has 8 nitrogen and oxygen atoms in total. The van der Waals surface area contributed by atoms with Crippen molar-refractivity contribution in [3.63, 3.8) is 0 Å². The van der Waals surface area contributed by atoms with Gasteiger partial charge in [0.1, 0.15) is 18.1 Å². The summed E-state index contributed by atoms with van der Waals surface area (Å²) in [5, 5.41) is 3.40. The molecule has 0 radical (unpaired) electrons. The lowest BCUT2D eigenvalue weighted by Gasteiger charge is -2.13. The van der Waals surface area contributed by atoms with Crippen LogP contribution < -0.4 is 20.2 Å². The molecule has 3 rings (SSSR count). The molecule has 3 amide bonds. The highest BCUT2D eigenvalue weighted by molar-refractivity contribution is 6.01. The minimum atomic E-state index is -0.466. The summed E-state index contributed by atoms with van der Waals surface area (Å²) >= 11 is 0. The molecule has 0 spiro atoms. The number of carbonyl (C=O) groups is 2. The van der Waals surface area contributed by atoms with Crippen molar-refractivity contribution in [2.45, 2.75) is 6.54 Å². The van der Waals surface area contributed by atoms with E-state index >= 15 is 0 Å². The summed E-state index contributed by atoms with van der Waals surface area (Å²) in [5.74, 6) is 2.21. The summed E-state index contributed by atoms with van der Waals surface area (Å²) in [4.78, 5) is 22.6. The molecule has 1 aliphatic rings. The van der Waals surface area contributed by atoms with Crippen molar-refractivity contribution in [2.75, 3.05) is 20.8 Å². The maximum Gasteiger partial charge on any atom is 0.338 e. The number of nitrogens with one attached hydrogen (secondary N) is 2. The van der Waals surface area contributed by atoms with Gasteiger partial charge in [-0.15, -0.1) is 0 Å². The Labute approximate surface area is 138 Å². The molecule has 1 aromatic heterocycles. The summed E-state index contributed by atoms with van der Waals surface area (Å²) < 4.78 is 16.3. The van der Waals surface area contributed by atoms with Gasteiger partial charge in [0.05, 0.1) is 20.8 Å². The number of urea groups is 1. The van der Waals surface area contributed by atoms with Crippen LogP contribution in [0.3, 0.4) is 0 Å². The van der Waals surface area contributed by atoms with Crippen molar-refractivity contribution in [3.05, 3.63) is 36.1 Å². The SMILES string of the molecule is COc1ccc(-c2ccc(CNN3CC(=O)NC3=O)o2)cc1OC. The van der Waals surface area contributed by atoms with Crippen LogP contribution in [0.25, 0.3) is 11.3 Å². The normalized spacial score (nSPS) is 14.0. The standard InChI is InChI=1S/C16H17N3O5/c1-22-13-5-3-10(7-14(13)23-2)12-6-4-11(24-12)8-17-19-9-15(20)18-16(19)21/h3-7,17H,8-9H2,1-2H3,(H,18,20,21). The number of benzene rings is 1.